The molecule has 116 valence electrons. The first-order valence-corrected chi connectivity index (χ1v) is 6.37. The molecule has 0 saturated carbocycles. The number of fused-ring (bicyclic) bond motifs is 1. The van der Waals surface area contributed by atoms with Crippen molar-refractivity contribution < 1.29 is 23.5 Å². The number of methoxy groups -OCH3 is 2. The van der Waals surface area contributed by atoms with Gasteiger partial charge in [0.15, 0.2) is 11.2 Å². The lowest BCUT2D eigenvalue weighted by Gasteiger charge is -2.00. The Hall–Kier alpha value is -2.90. The Morgan fingerprint density at radius 3 is 2.82 bits per heavy atom. The van der Waals surface area contributed by atoms with Crippen LogP contribution in [0, 0.1) is 0 Å². The Bertz CT molecular complexity index is 786. The first kappa shape index (κ1) is 15.5. The number of nitrogens with zero attached hydrogens (tertiary/aromatic N) is 2. The topological polar surface area (TPSA) is 101 Å². The number of aryl methyl sites for hydroxylation is 1. The molecule has 0 bridgehead atoms. The largest absolute Gasteiger partial charge is 0.469 e. The van der Waals surface area contributed by atoms with Crippen LogP contribution >= 0.6 is 0 Å². The average molecular weight is 306 g/mol. The summed E-state index contributed by atoms with van der Waals surface area (Å²) in [6, 6.07) is 1.57. The summed E-state index contributed by atoms with van der Waals surface area (Å²) in [6.45, 7) is 0.114. The molecule has 0 fully saturated rings. The van der Waals surface area contributed by atoms with Gasteiger partial charge in [-0.15, -0.1) is 0 Å². The number of esters is 2. The highest BCUT2D eigenvalue weighted by Crippen LogP contribution is 2.13. The van der Waals surface area contributed by atoms with Crippen LogP contribution < -0.4 is 5.76 Å². The van der Waals surface area contributed by atoms with Gasteiger partial charge in [0.05, 0.1) is 20.6 Å². The predicted molar refractivity (Wildman–Crippen MR) is 76.0 cm³/mol. The molecule has 2 aromatic heterocycles. The van der Waals surface area contributed by atoms with Gasteiger partial charge in [-0.2, -0.15) is 0 Å². The maximum Gasteiger partial charge on any atom is 0.421 e. The smallest absolute Gasteiger partial charge is 0.421 e. The normalized spacial score (nSPS) is 11.0. The molecule has 0 amide bonds. The zero-order chi connectivity index (χ0) is 16.1. The van der Waals surface area contributed by atoms with Gasteiger partial charge < -0.3 is 13.9 Å². The van der Waals surface area contributed by atoms with Crippen molar-refractivity contribution in [2.75, 3.05) is 14.2 Å². The van der Waals surface area contributed by atoms with E-state index in [0.29, 0.717) is 11.2 Å². The van der Waals surface area contributed by atoms with Crippen LogP contribution in [0.4, 0.5) is 0 Å². The second-order valence-electron chi connectivity index (χ2n) is 4.29. The van der Waals surface area contributed by atoms with Gasteiger partial charge in [-0.25, -0.2) is 14.6 Å². The summed E-state index contributed by atoms with van der Waals surface area (Å²) in [6.07, 6.45) is 4.24. The Labute approximate surface area is 124 Å². The molecule has 0 spiro atoms. The van der Waals surface area contributed by atoms with Crippen LogP contribution in [-0.2, 0) is 25.6 Å². The second kappa shape index (κ2) is 6.70. The number of rotatable bonds is 5. The molecule has 2 aromatic rings. The maximum atomic E-state index is 11.8. The fourth-order valence-electron chi connectivity index (χ4n) is 1.79. The zero-order valence-electron chi connectivity index (χ0n) is 12.1. The quantitative estimate of drug-likeness (QED) is 0.593. The van der Waals surface area contributed by atoms with Crippen molar-refractivity contribution in [2.45, 2.75) is 13.0 Å². The lowest BCUT2D eigenvalue weighted by Crippen LogP contribution is -2.17. The number of hydrogen-bond acceptors (Lipinski definition) is 7. The van der Waals surface area contributed by atoms with Crippen molar-refractivity contribution in [3.8, 4) is 0 Å². The minimum absolute atomic E-state index is 0.0384. The number of oxazole rings is 1. The van der Waals surface area contributed by atoms with E-state index in [4.69, 9.17) is 4.42 Å². The summed E-state index contributed by atoms with van der Waals surface area (Å²) >= 11 is 0. The number of carbonyl (C=O) groups excluding carboxylic acids is 2. The molecule has 0 saturated heterocycles. The monoisotopic (exact) mass is 306 g/mol. The van der Waals surface area contributed by atoms with E-state index in [-0.39, 0.29) is 18.5 Å². The summed E-state index contributed by atoms with van der Waals surface area (Å²) in [5, 5.41) is 0. The molecular weight excluding hydrogens is 292 g/mol. The summed E-state index contributed by atoms with van der Waals surface area (Å²) in [7, 11) is 2.55. The van der Waals surface area contributed by atoms with Crippen LogP contribution in [0.5, 0.6) is 0 Å². The summed E-state index contributed by atoms with van der Waals surface area (Å²) < 4.78 is 15.3. The lowest BCUT2D eigenvalue weighted by molar-refractivity contribution is -0.141. The van der Waals surface area contributed by atoms with Gasteiger partial charge in [-0.3, -0.25) is 9.36 Å². The van der Waals surface area contributed by atoms with E-state index in [9.17, 15) is 14.4 Å². The molecule has 0 aliphatic heterocycles. The predicted octanol–water partition coefficient (Wildman–Crippen LogP) is 0.739. The lowest BCUT2D eigenvalue weighted by atomic mass is 10.2. The molecule has 22 heavy (non-hydrogen) atoms. The van der Waals surface area contributed by atoms with Gasteiger partial charge in [0, 0.05) is 18.8 Å². The highest BCUT2D eigenvalue weighted by Gasteiger charge is 2.12. The van der Waals surface area contributed by atoms with Crippen LogP contribution in [0.2, 0.25) is 0 Å². The van der Waals surface area contributed by atoms with E-state index in [0.717, 1.165) is 0 Å². The minimum Gasteiger partial charge on any atom is -0.469 e. The standard InChI is InChI=1S/C14H14N2O6/c1-20-11(17)4-3-9-7-10-13(15-8-9)16(14(19)22-10)6-5-12(18)21-2/h3-4,7-8H,5-6H2,1-2H3/b4-3+. The molecule has 0 radical (unpaired) electrons. The van der Waals surface area contributed by atoms with Gasteiger partial charge in [-0.1, -0.05) is 0 Å². The molecular formula is C14H14N2O6. The maximum absolute atomic E-state index is 11.8. The van der Waals surface area contributed by atoms with E-state index in [1.54, 1.807) is 6.07 Å². The summed E-state index contributed by atoms with van der Waals surface area (Å²) in [5.74, 6) is -1.54. The average Bonchev–Trinajstić information content (AvgIpc) is 2.84. The van der Waals surface area contributed by atoms with Crippen LogP contribution in [0.3, 0.4) is 0 Å². The third kappa shape index (κ3) is 3.40. The Morgan fingerprint density at radius 2 is 2.14 bits per heavy atom. The fraction of sp³-hybridized carbons (Fsp3) is 0.286. The number of carbonyl (C=O) groups is 2. The van der Waals surface area contributed by atoms with Gasteiger partial charge >= 0.3 is 17.7 Å². The van der Waals surface area contributed by atoms with E-state index in [1.807, 2.05) is 0 Å². The van der Waals surface area contributed by atoms with Crippen LogP contribution in [-0.4, -0.2) is 35.7 Å². The molecule has 8 nitrogen and oxygen atoms in total. The van der Waals surface area contributed by atoms with E-state index in [2.05, 4.69) is 14.5 Å². The van der Waals surface area contributed by atoms with Crippen molar-refractivity contribution in [1.82, 2.24) is 9.55 Å². The molecule has 8 heteroatoms. The Balaban J connectivity index is 2.28. The summed E-state index contributed by atoms with van der Waals surface area (Å²) in [4.78, 5) is 38.1. The number of aromatic nitrogens is 2. The highest BCUT2D eigenvalue weighted by atomic mass is 16.5. The third-order valence-corrected chi connectivity index (χ3v) is 2.91. The molecule has 0 aliphatic carbocycles. The molecule has 0 aromatic carbocycles. The van der Waals surface area contributed by atoms with Gasteiger partial charge in [0.2, 0.25) is 0 Å². The van der Waals surface area contributed by atoms with Crippen molar-refractivity contribution in [2.24, 2.45) is 0 Å². The summed E-state index contributed by atoms with van der Waals surface area (Å²) in [5.41, 5.74) is 1.16. The molecule has 2 rings (SSSR count). The number of ether oxygens (including phenoxy) is 2. The van der Waals surface area contributed by atoms with Crippen molar-refractivity contribution >= 4 is 29.2 Å². The van der Waals surface area contributed by atoms with Crippen molar-refractivity contribution in [3.63, 3.8) is 0 Å². The van der Waals surface area contributed by atoms with Crippen LogP contribution in [0.25, 0.3) is 17.3 Å². The van der Waals surface area contributed by atoms with E-state index >= 15 is 0 Å². The molecule has 0 N–H and O–H groups in total. The molecule has 0 unspecified atom stereocenters. The Kier molecular flexibility index (Phi) is 4.72. The van der Waals surface area contributed by atoms with E-state index < -0.39 is 17.7 Å². The van der Waals surface area contributed by atoms with Crippen molar-refractivity contribution in [1.29, 1.82) is 0 Å². The molecule has 0 aliphatic rings. The molecule has 0 atom stereocenters. The first-order valence-electron chi connectivity index (χ1n) is 6.37. The molecule has 2 heterocycles. The van der Waals surface area contributed by atoms with Crippen molar-refractivity contribution in [3.05, 3.63) is 34.5 Å². The fourth-order valence-corrected chi connectivity index (χ4v) is 1.79. The first-order chi connectivity index (χ1) is 10.5. The van der Waals surface area contributed by atoms with E-state index in [1.165, 1.54) is 37.1 Å². The van der Waals surface area contributed by atoms with Gasteiger partial charge in [0.1, 0.15) is 0 Å². The van der Waals surface area contributed by atoms with Gasteiger partial charge in [-0.05, 0) is 17.7 Å². The number of pyridine rings is 1. The van der Waals surface area contributed by atoms with Crippen LogP contribution in [0.15, 0.2) is 27.6 Å². The highest BCUT2D eigenvalue weighted by molar-refractivity contribution is 5.87. The number of hydrogen-bond donors (Lipinski definition) is 0. The zero-order valence-corrected chi connectivity index (χ0v) is 12.1. The third-order valence-electron chi connectivity index (χ3n) is 2.91. The van der Waals surface area contributed by atoms with Crippen LogP contribution in [0.1, 0.15) is 12.0 Å². The van der Waals surface area contributed by atoms with Gasteiger partial charge in [0.25, 0.3) is 0 Å². The SMILES string of the molecule is COC(=O)/C=C/c1cnc2c(c1)oc(=O)n2CCC(=O)OC. The Morgan fingerprint density at radius 1 is 1.36 bits per heavy atom. The minimum atomic E-state index is -0.611. The second-order valence-corrected chi connectivity index (χ2v) is 4.29.